The summed E-state index contributed by atoms with van der Waals surface area (Å²) in [6, 6.07) is 4.31. The highest BCUT2D eigenvalue weighted by molar-refractivity contribution is 7.91. The highest BCUT2D eigenvalue weighted by Crippen LogP contribution is 2.52. The lowest BCUT2D eigenvalue weighted by molar-refractivity contribution is -0.135. The second-order valence-electron chi connectivity index (χ2n) is 7.12. The maximum atomic E-state index is 13.4. The van der Waals surface area contributed by atoms with Crippen molar-refractivity contribution in [2.45, 2.75) is 37.6 Å². The smallest absolute Gasteiger partial charge is 0.233 e. The van der Waals surface area contributed by atoms with Crippen LogP contribution in [0.2, 0.25) is 0 Å². The normalized spacial score (nSPS) is 23.7. The van der Waals surface area contributed by atoms with E-state index in [1.165, 1.54) is 12.1 Å². The van der Waals surface area contributed by atoms with Crippen molar-refractivity contribution in [2.75, 3.05) is 18.1 Å². The number of carbonyl (C=O) groups is 1. The van der Waals surface area contributed by atoms with Crippen molar-refractivity contribution in [3.63, 3.8) is 0 Å². The van der Waals surface area contributed by atoms with Gasteiger partial charge in [0.25, 0.3) is 0 Å². The fraction of sp³-hybridized carbons (Fsp3) is 0.500. The monoisotopic (exact) mass is 364 g/mol. The van der Waals surface area contributed by atoms with Gasteiger partial charge in [0, 0.05) is 29.7 Å². The van der Waals surface area contributed by atoms with Gasteiger partial charge in [0.15, 0.2) is 9.84 Å². The first kappa shape index (κ1) is 16.6. The first-order chi connectivity index (χ1) is 11.9. The standard InChI is InChI=1S/C18H21FN2O3S/c1-2-21(13-5-8-25(23,24)11-13)17(22)18(6-7-18)15-10-20-16-9-12(19)3-4-14(15)16/h3-4,9-10,13,20H,2,5-8,11H2,1H3. The molecule has 1 N–H and O–H groups in total. The molecule has 1 aromatic heterocycles. The average Bonchev–Trinajstić information content (AvgIpc) is 3.14. The fourth-order valence-corrected chi connectivity index (χ4v) is 5.81. The van der Waals surface area contributed by atoms with Crippen LogP contribution in [0.5, 0.6) is 0 Å². The Morgan fingerprint density at radius 3 is 2.76 bits per heavy atom. The number of aromatic amines is 1. The van der Waals surface area contributed by atoms with E-state index in [2.05, 4.69) is 4.98 Å². The number of halogens is 1. The van der Waals surface area contributed by atoms with Crippen LogP contribution < -0.4 is 0 Å². The Morgan fingerprint density at radius 2 is 2.16 bits per heavy atom. The van der Waals surface area contributed by atoms with E-state index in [4.69, 9.17) is 0 Å². The van der Waals surface area contributed by atoms with Crippen molar-refractivity contribution in [2.24, 2.45) is 0 Å². The van der Waals surface area contributed by atoms with Gasteiger partial charge in [-0.2, -0.15) is 0 Å². The number of rotatable bonds is 4. The molecule has 0 bridgehead atoms. The number of amides is 1. The molecule has 0 radical (unpaired) electrons. The summed E-state index contributed by atoms with van der Waals surface area (Å²) in [7, 11) is -3.04. The van der Waals surface area contributed by atoms with Gasteiger partial charge in [0.2, 0.25) is 5.91 Å². The Kier molecular flexibility index (Phi) is 3.68. The van der Waals surface area contributed by atoms with E-state index in [-0.39, 0.29) is 29.3 Å². The number of sulfone groups is 1. The zero-order chi connectivity index (χ0) is 17.8. The zero-order valence-corrected chi connectivity index (χ0v) is 14.9. The maximum absolute atomic E-state index is 13.4. The van der Waals surface area contributed by atoms with Crippen LogP contribution >= 0.6 is 0 Å². The van der Waals surface area contributed by atoms with Crippen LogP contribution in [0.4, 0.5) is 4.39 Å². The number of nitrogens with zero attached hydrogens (tertiary/aromatic N) is 1. The van der Waals surface area contributed by atoms with Crippen LogP contribution in [0, 0.1) is 5.82 Å². The first-order valence-corrected chi connectivity index (χ1v) is 10.5. The molecule has 2 heterocycles. The third-order valence-electron chi connectivity index (χ3n) is 5.57. The van der Waals surface area contributed by atoms with Gasteiger partial charge in [-0.3, -0.25) is 4.79 Å². The minimum absolute atomic E-state index is 0.00215. The van der Waals surface area contributed by atoms with Gasteiger partial charge in [-0.15, -0.1) is 0 Å². The van der Waals surface area contributed by atoms with Crippen molar-refractivity contribution in [1.29, 1.82) is 0 Å². The highest BCUT2D eigenvalue weighted by atomic mass is 32.2. The van der Waals surface area contributed by atoms with Crippen molar-refractivity contribution in [1.82, 2.24) is 9.88 Å². The van der Waals surface area contributed by atoms with E-state index in [0.29, 0.717) is 18.5 Å². The summed E-state index contributed by atoms with van der Waals surface area (Å²) in [6.07, 6.45) is 3.80. The Hall–Kier alpha value is -1.89. The number of likely N-dealkylation sites (N-methyl/N-ethyl adjacent to an activating group) is 1. The molecule has 2 fully saturated rings. The lowest BCUT2D eigenvalue weighted by atomic mass is 9.93. The molecule has 1 aliphatic heterocycles. The highest BCUT2D eigenvalue weighted by Gasteiger charge is 2.55. The number of benzene rings is 1. The summed E-state index contributed by atoms with van der Waals surface area (Å²) >= 11 is 0. The molecular formula is C18H21FN2O3S. The van der Waals surface area contributed by atoms with Crippen LogP contribution in [0.3, 0.4) is 0 Å². The molecule has 5 nitrogen and oxygen atoms in total. The minimum atomic E-state index is -3.04. The quantitative estimate of drug-likeness (QED) is 0.905. The van der Waals surface area contributed by atoms with E-state index in [9.17, 15) is 17.6 Å². The number of nitrogens with one attached hydrogen (secondary N) is 1. The number of aromatic nitrogens is 1. The van der Waals surface area contributed by atoms with E-state index in [1.807, 2.05) is 6.92 Å². The van der Waals surface area contributed by atoms with Gasteiger partial charge in [0.05, 0.1) is 16.9 Å². The Labute approximate surface area is 146 Å². The van der Waals surface area contributed by atoms with Gasteiger partial charge >= 0.3 is 0 Å². The number of carbonyl (C=O) groups excluding carboxylic acids is 1. The summed E-state index contributed by atoms with van der Waals surface area (Å²) in [5.74, 6) is -0.103. The number of hydrogen-bond donors (Lipinski definition) is 1. The zero-order valence-electron chi connectivity index (χ0n) is 14.1. The van der Waals surface area contributed by atoms with Crippen molar-refractivity contribution in [3.8, 4) is 0 Å². The Balaban J connectivity index is 1.68. The lowest BCUT2D eigenvalue weighted by Crippen LogP contribution is -2.46. The molecule has 25 heavy (non-hydrogen) atoms. The second kappa shape index (κ2) is 5.56. The predicted octanol–water partition coefficient (Wildman–Crippen LogP) is 2.37. The molecule has 2 aromatic rings. The van der Waals surface area contributed by atoms with E-state index >= 15 is 0 Å². The molecule has 1 unspecified atom stereocenters. The molecule has 1 aliphatic carbocycles. The van der Waals surface area contributed by atoms with Gasteiger partial charge in [-0.05, 0) is 49.9 Å². The largest absolute Gasteiger partial charge is 0.361 e. The first-order valence-electron chi connectivity index (χ1n) is 8.65. The maximum Gasteiger partial charge on any atom is 0.233 e. The second-order valence-corrected chi connectivity index (χ2v) is 9.35. The molecule has 0 spiro atoms. The van der Waals surface area contributed by atoms with Crippen LogP contribution in [0.15, 0.2) is 24.4 Å². The Bertz CT molecular complexity index is 946. The van der Waals surface area contributed by atoms with Crippen LogP contribution in [-0.4, -0.2) is 48.3 Å². The van der Waals surface area contributed by atoms with Gasteiger partial charge in [0.1, 0.15) is 5.82 Å². The number of fused-ring (bicyclic) bond motifs is 1. The van der Waals surface area contributed by atoms with Crippen LogP contribution in [0.25, 0.3) is 10.9 Å². The van der Waals surface area contributed by atoms with Gasteiger partial charge < -0.3 is 9.88 Å². The molecule has 1 atom stereocenters. The van der Waals surface area contributed by atoms with E-state index in [1.54, 1.807) is 17.2 Å². The topological polar surface area (TPSA) is 70.2 Å². The summed E-state index contributed by atoms with van der Waals surface area (Å²) in [6.45, 7) is 2.39. The van der Waals surface area contributed by atoms with Crippen molar-refractivity contribution >= 4 is 26.6 Å². The third-order valence-corrected chi connectivity index (χ3v) is 7.32. The lowest BCUT2D eigenvalue weighted by Gasteiger charge is -2.31. The molecule has 7 heteroatoms. The van der Waals surface area contributed by atoms with E-state index < -0.39 is 15.3 Å². The Morgan fingerprint density at radius 1 is 1.40 bits per heavy atom. The molecule has 1 saturated heterocycles. The van der Waals surface area contributed by atoms with Crippen LogP contribution in [0.1, 0.15) is 31.7 Å². The van der Waals surface area contributed by atoms with Crippen LogP contribution in [-0.2, 0) is 20.0 Å². The van der Waals surface area contributed by atoms with Gasteiger partial charge in [-0.1, -0.05) is 0 Å². The SMILES string of the molecule is CCN(C(=O)C1(c2c[nH]c3cc(F)ccc23)CC1)C1CCS(=O)(=O)C1. The molecule has 134 valence electrons. The minimum Gasteiger partial charge on any atom is -0.361 e. The number of H-pyrrole nitrogens is 1. The summed E-state index contributed by atoms with van der Waals surface area (Å²) in [4.78, 5) is 18.1. The average molecular weight is 364 g/mol. The fourth-order valence-electron chi connectivity index (χ4n) is 4.08. The molecule has 1 amide bonds. The molecule has 1 saturated carbocycles. The molecule has 4 rings (SSSR count). The third kappa shape index (κ3) is 2.65. The number of hydrogen-bond acceptors (Lipinski definition) is 3. The molecule has 2 aliphatic rings. The van der Waals surface area contributed by atoms with E-state index in [0.717, 1.165) is 23.8 Å². The summed E-state index contributed by atoms with van der Waals surface area (Å²) in [5, 5.41) is 0.863. The van der Waals surface area contributed by atoms with Crippen molar-refractivity contribution < 1.29 is 17.6 Å². The summed E-state index contributed by atoms with van der Waals surface area (Å²) in [5.41, 5.74) is 0.978. The molecule has 1 aromatic carbocycles. The van der Waals surface area contributed by atoms with Gasteiger partial charge in [-0.25, -0.2) is 12.8 Å². The summed E-state index contributed by atoms with van der Waals surface area (Å²) < 4.78 is 37.0. The molecular weight excluding hydrogens is 343 g/mol. The van der Waals surface area contributed by atoms with Crippen molar-refractivity contribution in [3.05, 3.63) is 35.8 Å². The predicted molar refractivity (Wildman–Crippen MR) is 93.6 cm³/mol.